The van der Waals surface area contributed by atoms with Crippen LogP contribution >= 0.6 is 11.6 Å². The van der Waals surface area contributed by atoms with E-state index in [4.69, 9.17) is 16.3 Å². The molecule has 27 heavy (non-hydrogen) atoms. The summed E-state index contributed by atoms with van der Waals surface area (Å²) < 4.78 is 7.52. The number of aryl methyl sites for hydroxylation is 1. The SMILES string of the molecule is Cc1cc(Cl)c([N+](=O)[O-])cc1Oc1ncnc2c1cnn2-c1ccccc1. The fourth-order valence-corrected chi connectivity index (χ4v) is 2.95. The number of fused-ring (bicyclic) bond motifs is 1. The molecule has 0 unspecified atom stereocenters. The van der Waals surface area contributed by atoms with Gasteiger partial charge in [-0.3, -0.25) is 10.1 Å². The van der Waals surface area contributed by atoms with Crippen molar-refractivity contribution in [1.29, 1.82) is 0 Å². The van der Waals surface area contributed by atoms with Crippen molar-refractivity contribution in [3.05, 3.63) is 75.7 Å². The summed E-state index contributed by atoms with van der Waals surface area (Å²) in [5.74, 6) is 0.542. The minimum absolute atomic E-state index is 0.0505. The molecule has 0 aliphatic rings. The van der Waals surface area contributed by atoms with E-state index < -0.39 is 4.92 Å². The number of benzene rings is 2. The first-order valence-corrected chi connectivity index (χ1v) is 8.29. The Kier molecular flexibility index (Phi) is 4.17. The largest absolute Gasteiger partial charge is 0.438 e. The number of halogens is 1. The van der Waals surface area contributed by atoms with Crippen LogP contribution in [0.25, 0.3) is 16.7 Å². The zero-order chi connectivity index (χ0) is 19.0. The number of para-hydroxylation sites is 1. The van der Waals surface area contributed by atoms with Crippen molar-refractivity contribution in [2.45, 2.75) is 6.92 Å². The van der Waals surface area contributed by atoms with E-state index in [0.29, 0.717) is 22.3 Å². The van der Waals surface area contributed by atoms with Gasteiger partial charge in [-0.2, -0.15) is 5.10 Å². The van der Waals surface area contributed by atoms with E-state index >= 15 is 0 Å². The molecule has 0 spiro atoms. The van der Waals surface area contributed by atoms with E-state index in [1.807, 2.05) is 30.3 Å². The summed E-state index contributed by atoms with van der Waals surface area (Å²) in [6.45, 7) is 1.75. The minimum atomic E-state index is -0.558. The molecule has 0 N–H and O–H groups in total. The third kappa shape index (κ3) is 3.06. The predicted octanol–water partition coefficient (Wildman–Crippen LogP) is 4.48. The first-order valence-electron chi connectivity index (χ1n) is 7.91. The molecule has 134 valence electrons. The lowest BCUT2D eigenvalue weighted by atomic mass is 10.2. The van der Waals surface area contributed by atoms with Crippen molar-refractivity contribution in [2.24, 2.45) is 0 Å². The van der Waals surface area contributed by atoms with Crippen LogP contribution in [0.15, 0.2) is 55.0 Å². The van der Waals surface area contributed by atoms with Gasteiger partial charge in [0.15, 0.2) is 5.65 Å². The lowest BCUT2D eigenvalue weighted by Crippen LogP contribution is -1.98. The molecule has 4 aromatic rings. The molecule has 4 rings (SSSR count). The summed E-state index contributed by atoms with van der Waals surface area (Å²) >= 11 is 5.93. The second-order valence-electron chi connectivity index (χ2n) is 5.74. The maximum absolute atomic E-state index is 11.1. The Bertz CT molecular complexity index is 1160. The van der Waals surface area contributed by atoms with Crippen LogP contribution in [0.5, 0.6) is 11.6 Å². The van der Waals surface area contributed by atoms with E-state index in [9.17, 15) is 10.1 Å². The first-order chi connectivity index (χ1) is 13.0. The van der Waals surface area contributed by atoms with Crippen LogP contribution in [0.3, 0.4) is 0 Å². The van der Waals surface area contributed by atoms with E-state index in [0.717, 1.165) is 5.69 Å². The predicted molar refractivity (Wildman–Crippen MR) is 99.6 cm³/mol. The summed E-state index contributed by atoms with van der Waals surface area (Å²) in [6.07, 6.45) is 2.95. The molecule has 0 amide bonds. The van der Waals surface area contributed by atoms with E-state index in [-0.39, 0.29) is 16.6 Å². The van der Waals surface area contributed by atoms with Crippen LogP contribution in [0.2, 0.25) is 5.02 Å². The molecular formula is C18H12ClN5O3. The van der Waals surface area contributed by atoms with E-state index in [2.05, 4.69) is 15.1 Å². The van der Waals surface area contributed by atoms with Gasteiger partial charge in [0.05, 0.1) is 22.9 Å². The van der Waals surface area contributed by atoms with Gasteiger partial charge in [-0.15, -0.1) is 0 Å². The molecule has 0 bridgehead atoms. The van der Waals surface area contributed by atoms with Gasteiger partial charge in [0, 0.05) is 0 Å². The smallest absolute Gasteiger partial charge is 0.291 e. The Hall–Kier alpha value is -3.52. The van der Waals surface area contributed by atoms with Gasteiger partial charge in [0.2, 0.25) is 5.88 Å². The standard InChI is InChI=1S/C18H12ClN5O3/c1-11-7-14(19)15(24(25)26)8-16(11)27-18-13-9-22-23(17(13)20-10-21-18)12-5-3-2-4-6-12/h2-10H,1H3. The average Bonchev–Trinajstić information content (AvgIpc) is 3.09. The third-order valence-corrected chi connectivity index (χ3v) is 4.28. The third-order valence-electron chi connectivity index (χ3n) is 3.98. The van der Waals surface area contributed by atoms with E-state index in [1.54, 1.807) is 17.8 Å². The van der Waals surface area contributed by atoms with Crippen molar-refractivity contribution < 1.29 is 9.66 Å². The second kappa shape index (κ2) is 6.65. The fourth-order valence-electron chi connectivity index (χ4n) is 2.66. The first kappa shape index (κ1) is 16.9. The molecule has 0 saturated heterocycles. The van der Waals surface area contributed by atoms with Crippen LogP contribution in [0.4, 0.5) is 5.69 Å². The molecule has 0 radical (unpaired) electrons. The summed E-state index contributed by atoms with van der Waals surface area (Å²) in [5, 5.41) is 16.1. The van der Waals surface area contributed by atoms with Gasteiger partial charge in [0.1, 0.15) is 22.5 Å². The number of hydrogen-bond acceptors (Lipinski definition) is 6. The van der Waals surface area contributed by atoms with Crippen molar-refractivity contribution in [3.63, 3.8) is 0 Å². The van der Waals surface area contributed by atoms with Gasteiger partial charge in [0.25, 0.3) is 5.69 Å². The van der Waals surface area contributed by atoms with Crippen molar-refractivity contribution in [1.82, 2.24) is 19.7 Å². The number of hydrogen-bond donors (Lipinski definition) is 0. The zero-order valence-electron chi connectivity index (χ0n) is 14.0. The highest BCUT2D eigenvalue weighted by molar-refractivity contribution is 6.32. The maximum atomic E-state index is 11.1. The molecule has 2 aromatic heterocycles. The minimum Gasteiger partial charge on any atom is -0.438 e. The van der Waals surface area contributed by atoms with Crippen molar-refractivity contribution >= 4 is 28.3 Å². The molecule has 0 aliphatic carbocycles. The molecule has 9 heteroatoms. The highest BCUT2D eigenvalue weighted by Gasteiger charge is 2.19. The fraction of sp³-hybridized carbons (Fsp3) is 0.0556. The normalized spacial score (nSPS) is 10.9. The Morgan fingerprint density at radius 3 is 2.70 bits per heavy atom. The number of nitro benzene ring substituents is 1. The molecule has 0 fully saturated rings. The van der Waals surface area contributed by atoms with Gasteiger partial charge in [-0.25, -0.2) is 14.6 Å². The highest BCUT2D eigenvalue weighted by atomic mass is 35.5. The molecular weight excluding hydrogens is 370 g/mol. The molecule has 2 heterocycles. The lowest BCUT2D eigenvalue weighted by Gasteiger charge is -2.09. The van der Waals surface area contributed by atoms with Crippen molar-refractivity contribution in [2.75, 3.05) is 0 Å². The monoisotopic (exact) mass is 381 g/mol. The maximum Gasteiger partial charge on any atom is 0.291 e. The molecule has 0 aliphatic heterocycles. The van der Waals surface area contributed by atoms with Gasteiger partial charge >= 0.3 is 0 Å². The zero-order valence-corrected chi connectivity index (χ0v) is 14.8. The molecule has 2 aromatic carbocycles. The second-order valence-corrected chi connectivity index (χ2v) is 6.14. The Morgan fingerprint density at radius 1 is 1.19 bits per heavy atom. The van der Waals surface area contributed by atoms with Gasteiger partial charge in [-0.1, -0.05) is 29.8 Å². The summed E-state index contributed by atoms with van der Waals surface area (Å²) in [4.78, 5) is 19.0. The average molecular weight is 382 g/mol. The molecule has 0 atom stereocenters. The van der Waals surface area contributed by atoms with Gasteiger partial charge < -0.3 is 4.74 Å². The molecule has 8 nitrogen and oxygen atoms in total. The van der Waals surface area contributed by atoms with Crippen LogP contribution < -0.4 is 4.74 Å². The molecule has 0 saturated carbocycles. The highest BCUT2D eigenvalue weighted by Crippen LogP contribution is 2.35. The van der Waals surface area contributed by atoms with Gasteiger partial charge in [-0.05, 0) is 30.7 Å². The quantitative estimate of drug-likeness (QED) is 0.382. The Balaban J connectivity index is 1.79. The van der Waals surface area contributed by atoms with Crippen LogP contribution in [-0.4, -0.2) is 24.7 Å². The lowest BCUT2D eigenvalue weighted by molar-refractivity contribution is -0.384. The van der Waals surface area contributed by atoms with Crippen LogP contribution in [0, 0.1) is 17.0 Å². The van der Waals surface area contributed by atoms with Crippen molar-refractivity contribution in [3.8, 4) is 17.3 Å². The van der Waals surface area contributed by atoms with Crippen LogP contribution in [-0.2, 0) is 0 Å². The number of nitrogens with zero attached hydrogens (tertiary/aromatic N) is 5. The summed E-state index contributed by atoms with van der Waals surface area (Å²) in [6, 6.07) is 12.3. The Labute approximate surface area is 158 Å². The number of rotatable bonds is 4. The topological polar surface area (TPSA) is 96.0 Å². The van der Waals surface area contributed by atoms with E-state index in [1.165, 1.54) is 18.5 Å². The summed E-state index contributed by atoms with van der Waals surface area (Å²) in [5.41, 5.74) is 1.82. The Morgan fingerprint density at radius 2 is 1.96 bits per heavy atom. The summed E-state index contributed by atoms with van der Waals surface area (Å²) in [7, 11) is 0. The number of nitro groups is 1. The number of ether oxygens (including phenoxy) is 1. The number of aromatic nitrogens is 4. The van der Waals surface area contributed by atoms with Crippen LogP contribution in [0.1, 0.15) is 5.56 Å².